The molecular formula is C10H24N2O. The summed E-state index contributed by atoms with van der Waals surface area (Å²) in [5, 5.41) is 11.6. The molecule has 0 aromatic rings. The molecule has 80 valence electrons. The number of nitrogens with zero attached hydrogens (tertiary/aromatic N) is 1. The van der Waals surface area contributed by atoms with E-state index in [4.69, 9.17) is 5.11 Å². The van der Waals surface area contributed by atoms with E-state index in [-0.39, 0.29) is 0 Å². The van der Waals surface area contributed by atoms with Crippen molar-refractivity contribution < 1.29 is 5.11 Å². The van der Waals surface area contributed by atoms with E-state index < -0.39 is 0 Å². The highest BCUT2D eigenvalue weighted by atomic mass is 16.3. The van der Waals surface area contributed by atoms with Crippen molar-refractivity contribution in [1.82, 2.24) is 10.2 Å². The van der Waals surface area contributed by atoms with Crippen molar-refractivity contribution >= 4 is 0 Å². The number of aliphatic hydroxyl groups is 1. The molecule has 1 rings (SSSR count). The van der Waals surface area contributed by atoms with Gasteiger partial charge in [0.05, 0.1) is 6.61 Å². The molecule has 1 aliphatic rings. The summed E-state index contributed by atoms with van der Waals surface area (Å²) in [6.07, 6.45) is 2.64. The van der Waals surface area contributed by atoms with E-state index in [0.717, 1.165) is 19.6 Å². The van der Waals surface area contributed by atoms with Gasteiger partial charge in [-0.1, -0.05) is 13.8 Å². The predicted octanol–water partition coefficient (Wildman–Crippen LogP) is 0.690. The van der Waals surface area contributed by atoms with Crippen molar-refractivity contribution in [2.24, 2.45) is 0 Å². The van der Waals surface area contributed by atoms with Crippen LogP contribution in [0.4, 0.5) is 0 Å². The van der Waals surface area contributed by atoms with Crippen LogP contribution in [0, 0.1) is 0 Å². The highest BCUT2D eigenvalue weighted by Crippen LogP contribution is 2.04. The van der Waals surface area contributed by atoms with Crippen molar-refractivity contribution in [3.63, 3.8) is 0 Å². The lowest BCUT2D eigenvalue weighted by molar-refractivity contribution is 0.221. The van der Waals surface area contributed by atoms with E-state index in [1.807, 2.05) is 0 Å². The minimum Gasteiger partial charge on any atom is -0.395 e. The first kappa shape index (κ1) is 12.9. The maximum atomic E-state index is 8.48. The number of hydrogen-bond acceptors (Lipinski definition) is 3. The van der Waals surface area contributed by atoms with Gasteiger partial charge in [-0.15, -0.1) is 0 Å². The molecule has 0 radical (unpaired) electrons. The second kappa shape index (κ2) is 9.96. The van der Waals surface area contributed by atoms with Gasteiger partial charge in [-0.25, -0.2) is 0 Å². The van der Waals surface area contributed by atoms with Gasteiger partial charge >= 0.3 is 0 Å². The van der Waals surface area contributed by atoms with Crippen molar-refractivity contribution in [2.45, 2.75) is 26.7 Å². The summed E-state index contributed by atoms with van der Waals surface area (Å²) in [6, 6.07) is 0. The molecule has 2 N–H and O–H groups in total. The third-order valence-electron chi connectivity index (χ3n) is 2.11. The molecule has 0 aliphatic carbocycles. The van der Waals surface area contributed by atoms with Crippen molar-refractivity contribution in [3.05, 3.63) is 0 Å². The molecule has 3 heteroatoms. The summed E-state index contributed by atoms with van der Waals surface area (Å²) in [5.74, 6) is 0. The van der Waals surface area contributed by atoms with Crippen LogP contribution >= 0.6 is 0 Å². The Bertz CT molecular complexity index is 90.9. The van der Waals surface area contributed by atoms with Crippen LogP contribution in [-0.4, -0.2) is 49.3 Å². The highest BCUT2D eigenvalue weighted by molar-refractivity contribution is 4.64. The molecule has 3 nitrogen and oxygen atoms in total. The molecule has 0 saturated carbocycles. The molecule has 1 aliphatic heterocycles. The summed E-state index contributed by atoms with van der Waals surface area (Å²) in [6.45, 7) is 9.97. The molecule has 0 amide bonds. The molecule has 1 heterocycles. The molecule has 13 heavy (non-hydrogen) atoms. The predicted molar refractivity (Wildman–Crippen MR) is 57.0 cm³/mol. The maximum Gasteiger partial charge on any atom is 0.0558 e. The number of nitrogens with one attached hydrogen (secondary N) is 1. The minimum absolute atomic E-state index is 0.319. The number of hydrogen-bond donors (Lipinski definition) is 2. The first-order valence-corrected chi connectivity index (χ1v) is 5.39. The van der Waals surface area contributed by atoms with Crippen LogP contribution in [-0.2, 0) is 0 Å². The van der Waals surface area contributed by atoms with Gasteiger partial charge in [0.1, 0.15) is 0 Å². The Morgan fingerprint density at radius 1 is 1.15 bits per heavy atom. The molecule has 0 aromatic heterocycles. The Kier molecular flexibility index (Phi) is 9.87. The highest BCUT2D eigenvalue weighted by Gasteiger charge is 2.08. The number of aliphatic hydroxyl groups excluding tert-OH is 1. The van der Waals surface area contributed by atoms with Crippen LogP contribution in [0.5, 0.6) is 0 Å². The van der Waals surface area contributed by atoms with Crippen molar-refractivity contribution in [2.75, 3.05) is 39.3 Å². The number of rotatable bonds is 4. The average Bonchev–Trinajstić information content (AvgIpc) is 2.60. The molecule has 1 saturated heterocycles. The summed E-state index contributed by atoms with van der Waals surface area (Å²) < 4.78 is 0. The lowest BCUT2D eigenvalue weighted by Crippen LogP contribution is -2.22. The van der Waals surface area contributed by atoms with Crippen LogP contribution in [0.15, 0.2) is 0 Å². The fraction of sp³-hybridized carbons (Fsp3) is 1.00. The average molecular weight is 188 g/mol. The van der Waals surface area contributed by atoms with Gasteiger partial charge in [-0.05, 0) is 39.0 Å². The van der Waals surface area contributed by atoms with E-state index in [9.17, 15) is 0 Å². The summed E-state index contributed by atoms with van der Waals surface area (Å²) >= 11 is 0. The van der Waals surface area contributed by atoms with Gasteiger partial charge in [0, 0.05) is 6.54 Å². The Hall–Kier alpha value is -0.120. The Morgan fingerprint density at radius 2 is 1.69 bits per heavy atom. The molecular weight excluding hydrogens is 164 g/mol. The zero-order valence-corrected chi connectivity index (χ0v) is 9.05. The van der Waals surface area contributed by atoms with Crippen LogP contribution in [0.3, 0.4) is 0 Å². The van der Waals surface area contributed by atoms with E-state index in [1.54, 1.807) is 0 Å². The fourth-order valence-corrected chi connectivity index (χ4v) is 1.40. The maximum absolute atomic E-state index is 8.48. The quantitative estimate of drug-likeness (QED) is 0.681. The van der Waals surface area contributed by atoms with E-state index in [1.165, 1.54) is 25.9 Å². The topological polar surface area (TPSA) is 35.5 Å². The lowest BCUT2D eigenvalue weighted by atomic mass is 10.4. The van der Waals surface area contributed by atoms with Crippen LogP contribution in [0.25, 0.3) is 0 Å². The van der Waals surface area contributed by atoms with Crippen LogP contribution < -0.4 is 5.32 Å². The Morgan fingerprint density at radius 3 is 2.00 bits per heavy atom. The standard InChI is InChI=1S/C6H13NO.C4H11N/c8-6-5-7-3-1-2-4-7;1-3-5-4-2/h8H,1-6H2;5H,3-4H2,1-2H3. The minimum atomic E-state index is 0.319. The molecule has 0 bridgehead atoms. The molecule has 0 atom stereocenters. The zero-order chi connectivity index (χ0) is 9.94. The van der Waals surface area contributed by atoms with E-state index in [2.05, 4.69) is 24.1 Å². The van der Waals surface area contributed by atoms with E-state index in [0.29, 0.717) is 6.61 Å². The Labute approximate surface area is 82.1 Å². The smallest absolute Gasteiger partial charge is 0.0558 e. The zero-order valence-electron chi connectivity index (χ0n) is 9.05. The van der Waals surface area contributed by atoms with Gasteiger partial charge in [0.15, 0.2) is 0 Å². The summed E-state index contributed by atoms with van der Waals surface area (Å²) in [5.41, 5.74) is 0. The van der Waals surface area contributed by atoms with Crippen LogP contribution in [0.2, 0.25) is 0 Å². The lowest BCUT2D eigenvalue weighted by Gasteiger charge is -2.10. The van der Waals surface area contributed by atoms with Gasteiger partial charge in [-0.3, -0.25) is 0 Å². The molecule has 0 spiro atoms. The van der Waals surface area contributed by atoms with Gasteiger partial charge in [0.25, 0.3) is 0 Å². The second-order valence-electron chi connectivity index (χ2n) is 3.23. The second-order valence-corrected chi connectivity index (χ2v) is 3.23. The van der Waals surface area contributed by atoms with Gasteiger partial charge < -0.3 is 15.3 Å². The normalized spacial score (nSPS) is 16.8. The molecule has 1 fully saturated rings. The van der Waals surface area contributed by atoms with Crippen LogP contribution in [0.1, 0.15) is 26.7 Å². The Balaban J connectivity index is 0.000000252. The SMILES string of the molecule is CCNCC.OCCN1CCCC1. The largest absolute Gasteiger partial charge is 0.395 e. The monoisotopic (exact) mass is 188 g/mol. The first-order valence-electron chi connectivity index (χ1n) is 5.39. The van der Waals surface area contributed by atoms with Gasteiger partial charge in [0.2, 0.25) is 0 Å². The third kappa shape index (κ3) is 8.22. The molecule has 0 unspecified atom stereocenters. The number of β-amino-alcohol motifs (C(OH)–C–C–N with tert-alkyl or cyclic N) is 1. The molecule has 0 aromatic carbocycles. The fourth-order valence-electron chi connectivity index (χ4n) is 1.40. The number of likely N-dealkylation sites (tertiary alicyclic amines) is 1. The van der Waals surface area contributed by atoms with E-state index >= 15 is 0 Å². The third-order valence-corrected chi connectivity index (χ3v) is 2.11. The van der Waals surface area contributed by atoms with Gasteiger partial charge in [-0.2, -0.15) is 0 Å². The van der Waals surface area contributed by atoms with Crippen molar-refractivity contribution in [3.8, 4) is 0 Å². The summed E-state index contributed by atoms with van der Waals surface area (Å²) in [4.78, 5) is 2.29. The van der Waals surface area contributed by atoms with Crippen molar-refractivity contribution in [1.29, 1.82) is 0 Å². The summed E-state index contributed by atoms with van der Waals surface area (Å²) in [7, 11) is 0. The first-order chi connectivity index (χ1) is 6.35.